The van der Waals surface area contributed by atoms with Gasteiger partial charge >= 0.3 is 0 Å². The summed E-state index contributed by atoms with van der Waals surface area (Å²) in [6.07, 6.45) is 1.68. The predicted molar refractivity (Wildman–Crippen MR) is 89.5 cm³/mol. The molecule has 1 fully saturated rings. The number of amides is 2. The second kappa shape index (κ2) is 5.71. The van der Waals surface area contributed by atoms with E-state index >= 15 is 0 Å². The molecule has 2 aliphatic rings. The van der Waals surface area contributed by atoms with E-state index in [1.807, 2.05) is 42.5 Å². The van der Waals surface area contributed by atoms with E-state index < -0.39 is 5.92 Å². The summed E-state index contributed by atoms with van der Waals surface area (Å²) in [5.41, 5.74) is 2.71. The van der Waals surface area contributed by atoms with Crippen LogP contribution in [0.3, 0.4) is 0 Å². The first-order valence-corrected chi connectivity index (χ1v) is 8.16. The van der Waals surface area contributed by atoms with Gasteiger partial charge in [-0.25, -0.2) is 0 Å². The highest BCUT2D eigenvalue weighted by Gasteiger charge is 2.53. The molecule has 1 aliphatic carbocycles. The molecule has 3 unspecified atom stereocenters. The molecule has 1 heterocycles. The highest BCUT2D eigenvalue weighted by molar-refractivity contribution is 6.22. The standard InChI is InChI=1S/C20H17NO3/c22-11-10-16-15-9-5-4-6-13(15)12-17-18(16)20(24)21(19(17)23)14-7-2-1-3-8-14/h1-9,11,16-18H,10,12H2. The molecule has 0 spiro atoms. The summed E-state index contributed by atoms with van der Waals surface area (Å²) in [6, 6.07) is 16.9. The summed E-state index contributed by atoms with van der Waals surface area (Å²) >= 11 is 0. The van der Waals surface area contributed by atoms with Crippen LogP contribution in [0.25, 0.3) is 0 Å². The maximum Gasteiger partial charge on any atom is 0.238 e. The fourth-order valence-electron chi connectivity index (χ4n) is 4.14. The van der Waals surface area contributed by atoms with Gasteiger partial charge in [-0.15, -0.1) is 0 Å². The summed E-state index contributed by atoms with van der Waals surface area (Å²) in [7, 11) is 0. The van der Waals surface area contributed by atoms with Crippen molar-refractivity contribution < 1.29 is 14.4 Å². The van der Waals surface area contributed by atoms with Crippen molar-refractivity contribution in [2.24, 2.45) is 11.8 Å². The van der Waals surface area contributed by atoms with Gasteiger partial charge in [0.2, 0.25) is 11.8 Å². The van der Waals surface area contributed by atoms with E-state index in [9.17, 15) is 14.4 Å². The first-order valence-electron chi connectivity index (χ1n) is 8.16. The minimum absolute atomic E-state index is 0.151. The largest absolute Gasteiger partial charge is 0.303 e. The Morgan fingerprint density at radius 2 is 1.67 bits per heavy atom. The smallest absolute Gasteiger partial charge is 0.238 e. The highest BCUT2D eigenvalue weighted by Crippen LogP contribution is 2.47. The third-order valence-electron chi connectivity index (χ3n) is 5.17. The van der Waals surface area contributed by atoms with Gasteiger partial charge in [0.15, 0.2) is 0 Å². The molecule has 0 aromatic heterocycles. The van der Waals surface area contributed by atoms with Gasteiger partial charge in [0.05, 0.1) is 17.5 Å². The number of carbonyl (C=O) groups is 3. The van der Waals surface area contributed by atoms with Gasteiger partial charge < -0.3 is 4.79 Å². The Labute approximate surface area is 140 Å². The monoisotopic (exact) mass is 319 g/mol. The van der Waals surface area contributed by atoms with Gasteiger partial charge in [-0.1, -0.05) is 42.5 Å². The lowest BCUT2D eigenvalue weighted by molar-refractivity contribution is -0.122. The van der Waals surface area contributed by atoms with Crippen LogP contribution in [0.15, 0.2) is 54.6 Å². The second-order valence-electron chi connectivity index (χ2n) is 6.39. The fourth-order valence-corrected chi connectivity index (χ4v) is 4.14. The molecule has 2 aromatic rings. The van der Waals surface area contributed by atoms with E-state index in [1.165, 1.54) is 4.90 Å². The molecule has 2 aromatic carbocycles. The maximum absolute atomic E-state index is 13.0. The second-order valence-corrected chi connectivity index (χ2v) is 6.39. The van der Waals surface area contributed by atoms with E-state index in [-0.39, 0.29) is 30.1 Å². The van der Waals surface area contributed by atoms with Crippen LogP contribution >= 0.6 is 0 Å². The minimum Gasteiger partial charge on any atom is -0.303 e. The van der Waals surface area contributed by atoms with Crippen molar-refractivity contribution in [2.75, 3.05) is 4.90 Å². The Balaban J connectivity index is 1.80. The molecule has 3 atom stereocenters. The van der Waals surface area contributed by atoms with Crippen molar-refractivity contribution in [1.82, 2.24) is 0 Å². The summed E-state index contributed by atoms with van der Waals surface area (Å²) < 4.78 is 0. The van der Waals surface area contributed by atoms with Crippen molar-refractivity contribution in [1.29, 1.82) is 0 Å². The number of aldehydes is 1. The number of carbonyl (C=O) groups excluding carboxylic acids is 3. The average Bonchev–Trinajstić information content (AvgIpc) is 2.86. The van der Waals surface area contributed by atoms with E-state index in [4.69, 9.17) is 0 Å². The van der Waals surface area contributed by atoms with Gasteiger partial charge in [0, 0.05) is 12.3 Å². The Kier molecular flexibility index (Phi) is 3.53. The van der Waals surface area contributed by atoms with E-state index in [0.29, 0.717) is 12.1 Å². The zero-order valence-corrected chi connectivity index (χ0v) is 13.1. The number of hydrogen-bond donors (Lipinski definition) is 0. The molecule has 120 valence electrons. The van der Waals surface area contributed by atoms with Crippen molar-refractivity contribution in [3.05, 3.63) is 65.7 Å². The molecule has 4 heteroatoms. The maximum atomic E-state index is 13.0. The Morgan fingerprint density at radius 1 is 0.958 bits per heavy atom. The molecule has 0 radical (unpaired) electrons. The van der Waals surface area contributed by atoms with Gasteiger partial charge in [0.25, 0.3) is 0 Å². The van der Waals surface area contributed by atoms with Crippen LogP contribution in [0.1, 0.15) is 23.5 Å². The zero-order valence-electron chi connectivity index (χ0n) is 13.1. The zero-order chi connectivity index (χ0) is 16.7. The fraction of sp³-hybridized carbons (Fsp3) is 0.250. The molecule has 4 rings (SSSR count). The van der Waals surface area contributed by atoms with Crippen LogP contribution in [-0.4, -0.2) is 18.1 Å². The number of nitrogens with zero attached hydrogens (tertiary/aromatic N) is 1. The highest BCUT2D eigenvalue weighted by atomic mass is 16.2. The number of anilines is 1. The Bertz CT molecular complexity index is 815. The molecule has 0 bridgehead atoms. The molecular weight excluding hydrogens is 302 g/mol. The third kappa shape index (κ3) is 2.10. The first kappa shape index (κ1) is 14.8. The van der Waals surface area contributed by atoms with Crippen molar-refractivity contribution >= 4 is 23.8 Å². The molecule has 1 saturated heterocycles. The molecular formula is C20H17NO3. The lowest BCUT2D eigenvalue weighted by Gasteiger charge is -2.31. The predicted octanol–water partition coefficient (Wildman–Crippen LogP) is 2.72. The number of benzene rings is 2. The van der Waals surface area contributed by atoms with Crippen molar-refractivity contribution in [3.63, 3.8) is 0 Å². The molecule has 4 nitrogen and oxygen atoms in total. The van der Waals surface area contributed by atoms with Crippen molar-refractivity contribution in [3.8, 4) is 0 Å². The Hall–Kier alpha value is -2.75. The van der Waals surface area contributed by atoms with Crippen LogP contribution in [0.4, 0.5) is 5.69 Å². The Morgan fingerprint density at radius 3 is 2.42 bits per heavy atom. The average molecular weight is 319 g/mol. The number of rotatable bonds is 3. The van der Waals surface area contributed by atoms with E-state index in [2.05, 4.69) is 0 Å². The molecule has 24 heavy (non-hydrogen) atoms. The summed E-state index contributed by atoms with van der Waals surface area (Å²) in [6.45, 7) is 0. The topological polar surface area (TPSA) is 54.5 Å². The first-order chi connectivity index (χ1) is 11.7. The van der Waals surface area contributed by atoms with Gasteiger partial charge in [-0.05, 0) is 29.7 Å². The summed E-state index contributed by atoms with van der Waals surface area (Å²) in [5, 5.41) is 0. The molecule has 1 aliphatic heterocycles. The molecule has 2 amide bonds. The van der Waals surface area contributed by atoms with Crippen LogP contribution in [-0.2, 0) is 20.8 Å². The normalized spacial score (nSPS) is 25.3. The van der Waals surface area contributed by atoms with Crippen LogP contribution < -0.4 is 4.90 Å². The van der Waals surface area contributed by atoms with Crippen LogP contribution in [0, 0.1) is 11.8 Å². The number of imide groups is 1. The van der Waals surface area contributed by atoms with E-state index in [1.54, 1.807) is 12.1 Å². The summed E-state index contributed by atoms with van der Waals surface area (Å²) in [5.74, 6) is -1.38. The number of fused-ring (bicyclic) bond motifs is 2. The van der Waals surface area contributed by atoms with E-state index in [0.717, 1.165) is 17.4 Å². The molecule has 0 saturated carbocycles. The SMILES string of the molecule is O=CCC1c2ccccc2CC2C(=O)N(c3ccccc3)C(=O)C21. The van der Waals surface area contributed by atoms with Gasteiger partial charge in [-0.3, -0.25) is 14.5 Å². The minimum atomic E-state index is -0.446. The summed E-state index contributed by atoms with van der Waals surface area (Å²) in [4.78, 5) is 38.5. The molecule has 0 N–H and O–H groups in total. The quantitative estimate of drug-likeness (QED) is 0.646. The number of para-hydroxylation sites is 1. The van der Waals surface area contributed by atoms with Crippen LogP contribution in [0.5, 0.6) is 0 Å². The van der Waals surface area contributed by atoms with Crippen LogP contribution in [0.2, 0.25) is 0 Å². The van der Waals surface area contributed by atoms with Gasteiger partial charge in [-0.2, -0.15) is 0 Å². The lowest BCUT2D eigenvalue weighted by atomic mass is 9.69. The third-order valence-corrected chi connectivity index (χ3v) is 5.17. The lowest BCUT2D eigenvalue weighted by Crippen LogP contribution is -2.32. The number of hydrogen-bond acceptors (Lipinski definition) is 3. The van der Waals surface area contributed by atoms with Crippen molar-refractivity contribution in [2.45, 2.75) is 18.8 Å². The van der Waals surface area contributed by atoms with Gasteiger partial charge in [0.1, 0.15) is 6.29 Å².